The van der Waals surface area contributed by atoms with Crippen LogP contribution in [0.5, 0.6) is 11.5 Å². The van der Waals surface area contributed by atoms with Gasteiger partial charge in [0, 0.05) is 18.4 Å². The molecule has 0 fully saturated rings. The number of pyridine rings is 1. The van der Waals surface area contributed by atoms with Crippen molar-refractivity contribution in [3.63, 3.8) is 0 Å². The minimum Gasteiger partial charge on any atom is -0.454 e. The maximum atomic E-state index is 13.7. The maximum absolute atomic E-state index is 13.7. The molecule has 0 atom stereocenters. The zero-order valence-corrected chi connectivity index (χ0v) is 13.7. The molecule has 0 saturated carbocycles. The second-order valence-corrected chi connectivity index (χ2v) is 5.55. The zero-order valence-electron chi connectivity index (χ0n) is 13.7. The Morgan fingerprint density at radius 1 is 1.12 bits per heavy atom. The lowest BCUT2D eigenvalue weighted by Gasteiger charge is -2.09. The van der Waals surface area contributed by atoms with Crippen LogP contribution in [0.25, 0.3) is 0 Å². The van der Waals surface area contributed by atoms with E-state index >= 15 is 0 Å². The summed E-state index contributed by atoms with van der Waals surface area (Å²) in [4.78, 5) is 16.2. The zero-order chi connectivity index (χ0) is 17.6. The number of amides is 1. The lowest BCUT2D eigenvalue weighted by Crippen LogP contribution is -2.22. The molecule has 0 aliphatic carbocycles. The standard InChI is InChI=1S/C20H17FN2O2/c1-14-9-10-16(13-22-14)20(24)23-12-15-5-4-6-17(11-15)25-19-8-3-2-7-18(19)21/h2-11,13H,12H2,1H3,(H,23,24). The number of aromatic nitrogens is 1. The van der Waals surface area contributed by atoms with Gasteiger partial charge in [0.05, 0.1) is 5.56 Å². The molecule has 0 bridgehead atoms. The van der Waals surface area contributed by atoms with Crippen LogP contribution in [0, 0.1) is 12.7 Å². The first-order chi connectivity index (χ1) is 12.1. The first-order valence-corrected chi connectivity index (χ1v) is 7.84. The summed E-state index contributed by atoms with van der Waals surface area (Å²) in [6, 6.07) is 16.9. The lowest BCUT2D eigenvalue weighted by molar-refractivity contribution is 0.0950. The lowest BCUT2D eigenvalue weighted by atomic mass is 10.2. The van der Waals surface area contributed by atoms with Crippen molar-refractivity contribution in [2.75, 3.05) is 0 Å². The number of para-hydroxylation sites is 1. The van der Waals surface area contributed by atoms with E-state index < -0.39 is 5.82 Å². The molecule has 0 saturated heterocycles. The van der Waals surface area contributed by atoms with E-state index in [1.165, 1.54) is 6.07 Å². The third-order valence-electron chi connectivity index (χ3n) is 3.59. The average Bonchev–Trinajstić information content (AvgIpc) is 2.63. The van der Waals surface area contributed by atoms with E-state index in [-0.39, 0.29) is 11.7 Å². The Morgan fingerprint density at radius 2 is 1.96 bits per heavy atom. The number of aryl methyl sites for hydroxylation is 1. The SMILES string of the molecule is Cc1ccc(C(=O)NCc2cccc(Oc3ccccc3F)c2)cn1. The van der Waals surface area contributed by atoms with Crippen LogP contribution in [0.4, 0.5) is 4.39 Å². The van der Waals surface area contributed by atoms with Crippen molar-refractivity contribution in [1.82, 2.24) is 10.3 Å². The smallest absolute Gasteiger partial charge is 0.253 e. The van der Waals surface area contributed by atoms with E-state index in [1.54, 1.807) is 54.7 Å². The molecule has 3 aromatic rings. The van der Waals surface area contributed by atoms with Gasteiger partial charge in [0.2, 0.25) is 0 Å². The number of benzene rings is 2. The second kappa shape index (κ2) is 7.57. The minimum absolute atomic E-state index is 0.161. The highest BCUT2D eigenvalue weighted by atomic mass is 19.1. The minimum atomic E-state index is -0.423. The molecule has 126 valence electrons. The number of nitrogens with zero attached hydrogens (tertiary/aromatic N) is 1. The van der Waals surface area contributed by atoms with Gasteiger partial charge in [-0.1, -0.05) is 24.3 Å². The predicted octanol–water partition coefficient (Wildman–Crippen LogP) is 4.25. The summed E-state index contributed by atoms with van der Waals surface area (Å²) in [5.41, 5.74) is 2.21. The Kier molecular flexibility index (Phi) is 5.04. The van der Waals surface area contributed by atoms with Gasteiger partial charge in [-0.3, -0.25) is 9.78 Å². The summed E-state index contributed by atoms with van der Waals surface area (Å²) in [5.74, 6) is 0.0456. The summed E-state index contributed by atoms with van der Waals surface area (Å²) in [6.07, 6.45) is 1.54. The molecule has 0 spiro atoms. The van der Waals surface area contributed by atoms with Crippen LogP contribution < -0.4 is 10.1 Å². The number of nitrogens with one attached hydrogen (secondary N) is 1. The molecule has 1 aromatic heterocycles. The topological polar surface area (TPSA) is 51.2 Å². The Bertz CT molecular complexity index is 879. The number of halogens is 1. The van der Waals surface area contributed by atoms with Crippen LogP contribution in [0.3, 0.4) is 0 Å². The molecular weight excluding hydrogens is 319 g/mol. The summed E-state index contributed by atoms with van der Waals surface area (Å²) < 4.78 is 19.2. The van der Waals surface area contributed by atoms with Gasteiger partial charge < -0.3 is 10.1 Å². The van der Waals surface area contributed by atoms with Gasteiger partial charge in [-0.15, -0.1) is 0 Å². The predicted molar refractivity (Wildman–Crippen MR) is 93.1 cm³/mol. The maximum Gasteiger partial charge on any atom is 0.253 e. The fourth-order valence-corrected chi connectivity index (χ4v) is 2.26. The van der Waals surface area contributed by atoms with Gasteiger partial charge in [-0.25, -0.2) is 4.39 Å². The largest absolute Gasteiger partial charge is 0.454 e. The molecule has 1 N–H and O–H groups in total. The molecule has 5 heteroatoms. The van der Waals surface area contributed by atoms with Crippen LogP contribution in [-0.4, -0.2) is 10.9 Å². The van der Waals surface area contributed by atoms with Gasteiger partial charge in [-0.2, -0.15) is 0 Å². The van der Waals surface area contributed by atoms with E-state index in [0.717, 1.165) is 11.3 Å². The van der Waals surface area contributed by atoms with Crippen molar-refractivity contribution in [3.8, 4) is 11.5 Å². The molecule has 3 rings (SSSR count). The average molecular weight is 336 g/mol. The third-order valence-corrected chi connectivity index (χ3v) is 3.59. The molecule has 25 heavy (non-hydrogen) atoms. The van der Waals surface area contributed by atoms with Crippen molar-refractivity contribution >= 4 is 5.91 Å². The van der Waals surface area contributed by atoms with Crippen LogP contribution in [-0.2, 0) is 6.54 Å². The first-order valence-electron chi connectivity index (χ1n) is 7.84. The number of hydrogen-bond donors (Lipinski definition) is 1. The van der Waals surface area contributed by atoms with Crippen molar-refractivity contribution in [3.05, 3.63) is 89.5 Å². The molecule has 1 amide bonds. The Hall–Kier alpha value is -3.21. The van der Waals surface area contributed by atoms with Gasteiger partial charge in [0.25, 0.3) is 5.91 Å². The van der Waals surface area contributed by atoms with Gasteiger partial charge in [0.15, 0.2) is 11.6 Å². The normalized spacial score (nSPS) is 10.3. The number of ether oxygens (including phenoxy) is 1. The van der Waals surface area contributed by atoms with Crippen molar-refractivity contribution in [2.24, 2.45) is 0 Å². The number of carbonyl (C=O) groups excluding carboxylic acids is 1. The van der Waals surface area contributed by atoms with Crippen LogP contribution in [0.2, 0.25) is 0 Å². The van der Waals surface area contributed by atoms with E-state index in [1.807, 2.05) is 13.0 Å². The van der Waals surface area contributed by atoms with Gasteiger partial charge in [-0.05, 0) is 48.9 Å². The summed E-state index contributed by atoms with van der Waals surface area (Å²) in [6.45, 7) is 2.20. The monoisotopic (exact) mass is 336 g/mol. The highest BCUT2D eigenvalue weighted by molar-refractivity contribution is 5.93. The fraction of sp³-hybridized carbons (Fsp3) is 0.100. The number of rotatable bonds is 5. The highest BCUT2D eigenvalue weighted by Gasteiger charge is 2.07. The van der Waals surface area contributed by atoms with Crippen molar-refractivity contribution in [1.29, 1.82) is 0 Å². The van der Waals surface area contributed by atoms with Crippen LogP contribution in [0.15, 0.2) is 66.9 Å². The van der Waals surface area contributed by atoms with Crippen molar-refractivity contribution in [2.45, 2.75) is 13.5 Å². The highest BCUT2D eigenvalue weighted by Crippen LogP contribution is 2.24. The molecule has 0 aliphatic heterocycles. The second-order valence-electron chi connectivity index (χ2n) is 5.55. The fourth-order valence-electron chi connectivity index (χ4n) is 2.26. The summed E-state index contributed by atoms with van der Waals surface area (Å²) >= 11 is 0. The number of hydrogen-bond acceptors (Lipinski definition) is 3. The Balaban J connectivity index is 1.64. The molecule has 4 nitrogen and oxygen atoms in total. The van der Waals surface area contributed by atoms with E-state index in [4.69, 9.17) is 4.74 Å². The Labute approximate surface area is 145 Å². The van der Waals surface area contributed by atoms with Gasteiger partial charge >= 0.3 is 0 Å². The molecule has 0 radical (unpaired) electrons. The third kappa shape index (κ3) is 4.41. The van der Waals surface area contributed by atoms with Crippen LogP contribution >= 0.6 is 0 Å². The molecular formula is C20H17FN2O2. The number of carbonyl (C=O) groups is 1. The van der Waals surface area contributed by atoms with E-state index in [9.17, 15) is 9.18 Å². The van der Waals surface area contributed by atoms with E-state index in [0.29, 0.717) is 17.9 Å². The Morgan fingerprint density at radius 3 is 2.72 bits per heavy atom. The van der Waals surface area contributed by atoms with Gasteiger partial charge in [0.1, 0.15) is 5.75 Å². The molecule has 1 heterocycles. The quantitative estimate of drug-likeness (QED) is 0.758. The molecule has 0 unspecified atom stereocenters. The first kappa shape index (κ1) is 16.6. The van der Waals surface area contributed by atoms with Crippen LogP contribution in [0.1, 0.15) is 21.6 Å². The molecule has 0 aliphatic rings. The molecule has 2 aromatic carbocycles. The van der Waals surface area contributed by atoms with E-state index in [2.05, 4.69) is 10.3 Å². The summed E-state index contributed by atoms with van der Waals surface area (Å²) in [5, 5.41) is 2.83. The summed E-state index contributed by atoms with van der Waals surface area (Å²) in [7, 11) is 0. The van der Waals surface area contributed by atoms with Crippen molar-refractivity contribution < 1.29 is 13.9 Å².